The Balaban J connectivity index is 0.00000180. The molecular formula is C12H20ClN3O2S. The standard InChI is InChI=1S/C12H19N3O2S.ClH/c1-9-8-18-12(17)15(9)6-4-11(16)14-10-3-2-5-13-7-10;/h8,10,13H,2-7H2,1H3,(H,14,16);1H/t10-;/m0./s1. The summed E-state index contributed by atoms with van der Waals surface area (Å²) >= 11 is 1.18. The lowest BCUT2D eigenvalue weighted by Crippen LogP contribution is -2.45. The molecule has 2 N–H and O–H groups in total. The monoisotopic (exact) mass is 305 g/mol. The second-order valence-electron chi connectivity index (χ2n) is 4.66. The van der Waals surface area contributed by atoms with Crippen molar-refractivity contribution in [1.29, 1.82) is 0 Å². The van der Waals surface area contributed by atoms with Crippen LogP contribution in [0.5, 0.6) is 0 Å². The summed E-state index contributed by atoms with van der Waals surface area (Å²) in [5.74, 6) is 0.0289. The number of thiazole rings is 1. The van der Waals surface area contributed by atoms with Crippen molar-refractivity contribution in [3.05, 3.63) is 20.7 Å². The smallest absolute Gasteiger partial charge is 0.307 e. The topological polar surface area (TPSA) is 63.1 Å². The van der Waals surface area contributed by atoms with Gasteiger partial charge in [0.15, 0.2) is 0 Å². The molecule has 2 heterocycles. The number of carbonyl (C=O) groups is 1. The van der Waals surface area contributed by atoms with Crippen molar-refractivity contribution in [2.75, 3.05) is 13.1 Å². The average Bonchev–Trinajstić information content (AvgIpc) is 2.68. The minimum atomic E-state index is 0. The van der Waals surface area contributed by atoms with E-state index in [1.165, 1.54) is 11.3 Å². The van der Waals surface area contributed by atoms with Crippen molar-refractivity contribution in [3.8, 4) is 0 Å². The van der Waals surface area contributed by atoms with E-state index in [-0.39, 0.29) is 29.2 Å². The minimum absolute atomic E-state index is 0. The maximum absolute atomic E-state index is 11.8. The van der Waals surface area contributed by atoms with Gasteiger partial charge in [0, 0.05) is 36.6 Å². The fourth-order valence-electron chi connectivity index (χ4n) is 2.16. The van der Waals surface area contributed by atoms with Crippen LogP contribution in [0.25, 0.3) is 0 Å². The molecule has 1 aromatic rings. The fourth-order valence-corrected chi connectivity index (χ4v) is 2.92. The number of rotatable bonds is 4. The van der Waals surface area contributed by atoms with Crippen LogP contribution < -0.4 is 15.5 Å². The molecule has 0 saturated carbocycles. The average molecular weight is 306 g/mol. The van der Waals surface area contributed by atoms with Crippen LogP contribution in [0.3, 0.4) is 0 Å². The molecule has 1 aliphatic heterocycles. The van der Waals surface area contributed by atoms with Gasteiger partial charge in [0.1, 0.15) is 0 Å². The van der Waals surface area contributed by atoms with Gasteiger partial charge in [-0.15, -0.1) is 12.4 Å². The van der Waals surface area contributed by atoms with Gasteiger partial charge >= 0.3 is 4.87 Å². The van der Waals surface area contributed by atoms with Crippen molar-refractivity contribution >= 4 is 29.7 Å². The first-order valence-electron chi connectivity index (χ1n) is 6.32. The van der Waals surface area contributed by atoms with E-state index in [9.17, 15) is 9.59 Å². The predicted octanol–water partition coefficient (Wildman–Crippen LogP) is 0.898. The van der Waals surface area contributed by atoms with Crippen LogP contribution >= 0.6 is 23.7 Å². The number of halogens is 1. The summed E-state index contributed by atoms with van der Waals surface area (Å²) < 4.78 is 1.66. The van der Waals surface area contributed by atoms with Gasteiger partial charge in [0.05, 0.1) is 0 Å². The third-order valence-corrected chi connectivity index (χ3v) is 4.08. The number of amides is 1. The quantitative estimate of drug-likeness (QED) is 0.869. The van der Waals surface area contributed by atoms with Gasteiger partial charge < -0.3 is 15.2 Å². The second kappa shape index (κ2) is 7.67. The molecule has 0 spiro atoms. The van der Waals surface area contributed by atoms with Crippen molar-refractivity contribution < 1.29 is 4.79 Å². The van der Waals surface area contributed by atoms with E-state index in [0.717, 1.165) is 31.6 Å². The Kier molecular flexibility index (Phi) is 6.54. The Morgan fingerprint density at radius 3 is 3.00 bits per heavy atom. The Labute approximate surface area is 122 Å². The zero-order valence-electron chi connectivity index (χ0n) is 11.0. The summed E-state index contributed by atoms with van der Waals surface area (Å²) in [4.78, 5) is 23.3. The SMILES string of the molecule is Cc1csc(=O)n1CCC(=O)N[C@H]1CCCNC1.Cl. The Bertz CT molecular complexity index is 466. The highest BCUT2D eigenvalue weighted by atomic mass is 35.5. The van der Waals surface area contributed by atoms with Crippen LogP contribution in [-0.4, -0.2) is 29.6 Å². The van der Waals surface area contributed by atoms with Crippen LogP contribution in [-0.2, 0) is 11.3 Å². The summed E-state index contributed by atoms with van der Waals surface area (Å²) in [6.45, 7) is 4.25. The Morgan fingerprint density at radius 2 is 2.42 bits per heavy atom. The first-order chi connectivity index (χ1) is 8.66. The largest absolute Gasteiger partial charge is 0.352 e. The van der Waals surface area contributed by atoms with Gasteiger partial charge in [-0.25, -0.2) is 0 Å². The van der Waals surface area contributed by atoms with Crippen molar-refractivity contribution in [3.63, 3.8) is 0 Å². The summed E-state index contributed by atoms with van der Waals surface area (Å²) in [6.07, 6.45) is 2.51. The number of hydrogen-bond donors (Lipinski definition) is 2. The van der Waals surface area contributed by atoms with Crippen molar-refractivity contribution in [2.45, 2.75) is 38.8 Å². The Hall–Kier alpha value is -0.850. The molecule has 0 bridgehead atoms. The number of carbonyl (C=O) groups excluding carboxylic acids is 1. The number of aryl methyl sites for hydroxylation is 1. The van der Waals surface area contributed by atoms with E-state index in [4.69, 9.17) is 0 Å². The van der Waals surface area contributed by atoms with Crippen LogP contribution in [0, 0.1) is 6.92 Å². The van der Waals surface area contributed by atoms with E-state index in [2.05, 4.69) is 10.6 Å². The maximum atomic E-state index is 11.8. The summed E-state index contributed by atoms with van der Waals surface area (Å²) in [5.41, 5.74) is 0.928. The molecule has 1 amide bonds. The molecule has 1 aliphatic rings. The summed E-state index contributed by atoms with van der Waals surface area (Å²) in [6, 6.07) is 0.242. The van der Waals surface area contributed by atoms with E-state index in [0.29, 0.717) is 13.0 Å². The maximum Gasteiger partial charge on any atom is 0.307 e. The molecule has 0 aromatic carbocycles. The third kappa shape index (κ3) is 4.63. The molecule has 7 heteroatoms. The molecule has 0 unspecified atom stereocenters. The predicted molar refractivity (Wildman–Crippen MR) is 79.2 cm³/mol. The van der Waals surface area contributed by atoms with Crippen LogP contribution in [0.1, 0.15) is 25.0 Å². The number of aromatic nitrogens is 1. The van der Waals surface area contributed by atoms with E-state index in [1.54, 1.807) is 4.57 Å². The zero-order valence-corrected chi connectivity index (χ0v) is 12.6. The van der Waals surface area contributed by atoms with Gasteiger partial charge in [-0.3, -0.25) is 9.59 Å². The van der Waals surface area contributed by atoms with E-state index < -0.39 is 0 Å². The van der Waals surface area contributed by atoms with Crippen molar-refractivity contribution in [1.82, 2.24) is 15.2 Å². The van der Waals surface area contributed by atoms with E-state index >= 15 is 0 Å². The summed E-state index contributed by atoms with van der Waals surface area (Å²) in [5, 5.41) is 8.09. The molecule has 0 aliphatic carbocycles. The molecular weight excluding hydrogens is 286 g/mol. The minimum Gasteiger partial charge on any atom is -0.352 e. The first kappa shape index (κ1) is 16.2. The molecule has 1 fully saturated rings. The highest BCUT2D eigenvalue weighted by molar-refractivity contribution is 7.07. The molecule has 19 heavy (non-hydrogen) atoms. The molecule has 1 atom stereocenters. The van der Waals surface area contributed by atoms with Gasteiger partial charge in [-0.05, 0) is 26.3 Å². The number of hydrogen-bond acceptors (Lipinski definition) is 4. The van der Waals surface area contributed by atoms with Gasteiger partial charge in [-0.1, -0.05) is 11.3 Å². The number of nitrogens with zero attached hydrogens (tertiary/aromatic N) is 1. The molecule has 5 nitrogen and oxygen atoms in total. The van der Waals surface area contributed by atoms with Crippen LogP contribution in [0.4, 0.5) is 0 Å². The van der Waals surface area contributed by atoms with E-state index in [1.807, 2.05) is 12.3 Å². The zero-order chi connectivity index (χ0) is 13.0. The molecule has 108 valence electrons. The lowest BCUT2D eigenvalue weighted by Gasteiger charge is -2.23. The third-order valence-electron chi connectivity index (χ3n) is 3.20. The Morgan fingerprint density at radius 1 is 1.63 bits per heavy atom. The van der Waals surface area contributed by atoms with Gasteiger partial charge in [-0.2, -0.15) is 0 Å². The fraction of sp³-hybridized carbons (Fsp3) is 0.667. The molecule has 1 saturated heterocycles. The van der Waals surface area contributed by atoms with Crippen LogP contribution in [0.15, 0.2) is 10.2 Å². The second-order valence-corrected chi connectivity index (χ2v) is 5.48. The number of piperidine rings is 1. The van der Waals surface area contributed by atoms with Gasteiger partial charge in [0.2, 0.25) is 5.91 Å². The van der Waals surface area contributed by atoms with Gasteiger partial charge in [0.25, 0.3) is 0 Å². The normalized spacial score (nSPS) is 18.7. The molecule has 0 radical (unpaired) electrons. The summed E-state index contributed by atoms with van der Waals surface area (Å²) in [7, 11) is 0. The highest BCUT2D eigenvalue weighted by Crippen LogP contribution is 2.03. The highest BCUT2D eigenvalue weighted by Gasteiger charge is 2.15. The molecule has 1 aromatic heterocycles. The lowest BCUT2D eigenvalue weighted by atomic mass is 10.1. The van der Waals surface area contributed by atoms with Crippen LogP contribution in [0.2, 0.25) is 0 Å². The molecule has 2 rings (SSSR count). The number of nitrogens with one attached hydrogen (secondary N) is 2. The first-order valence-corrected chi connectivity index (χ1v) is 7.20. The lowest BCUT2D eigenvalue weighted by molar-refractivity contribution is -0.122. The van der Waals surface area contributed by atoms with Crippen molar-refractivity contribution in [2.24, 2.45) is 0 Å².